The second kappa shape index (κ2) is 8.48. The van der Waals surface area contributed by atoms with Crippen molar-refractivity contribution in [2.45, 2.75) is 64.3 Å². The number of piperidine rings is 2. The van der Waals surface area contributed by atoms with Gasteiger partial charge in [0.2, 0.25) is 5.91 Å². The minimum atomic E-state index is 0.276. The van der Waals surface area contributed by atoms with E-state index in [0.29, 0.717) is 11.9 Å². The Labute approximate surface area is 142 Å². The molecule has 3 rings (SSSR count). The van der Waals surface area contributed by atoms with Crippen LogP contribution in [0.1, 0.15) is 58.3 Å². The molecule has 0 radical (unpaired) electrons. The van der Waals surface area contributed by atoms with Crippen molar-refractivity contribution in [1.82, 2.24) is 15.1 Å². The first-order valence-electron chi connectivity index (χ1n) is 9.97. The molecule has 0 bridgehead atoms. The molecule has 0 aliphatic carbocycles. The van der Waals surface area contributed by atoms with Crippen molar-refractivity contribution in [3.63, 3.8) is 0 Å². The van der Waals surface area contributed by atoms with Gasteiger partial charge in [-0.05, 0) is 90.4 Å². The van der Waals surface area contributed by atoms with Gasteiger partial charge in [0.25, 0.3) is 0 Å². The van der Waals surface area contributed by atoms with Gasteiger partial charge in [0, 0.05) is 25.0 Å². The summed E-state index contributed by atoms with van der Waals surface area (Å²) in [6.45, 7) is 9.16. The Morgan fingerprint density at radius 3 is 2.52 bits per heavy atom. The van der Waals surface area contributed by atoms with Crippen molar-refractivity contribution in [2.24, 2.45) is 11.8 Å². The third-order valence-corrected chi connectivity index (χ3v) is 6.18. The first kappa shape index (κ1) is 17.2. The molecule has 23 heavy (non-hydrogen) atoms. The van der Waals surface area contributed by atoms with E-state index in [1.54, 1.807) is 0 Å². The van der Waals surface area contributed by atoms with Gasteiger partial charge in [-0.15, -0.1) is 0 Å². The van der Waals surface area contributed by atoms with Crippen LogP contribution in [-0.4, -0.2) is 61.0 Å². The molecule has 3 aliphatic rings. The summed E-state index contributed by atoms with van der Waals surface area (Å²) in [6, 6.07) is 0.501. The molecule has 3 aliphatic heterocycles. The minimum absolute atomic E-state index is 0.276. The smallest absolute Gasteiger partial charge is 0.225 e. The summed E-state index contributed by atoms with van der Waals surface area (Å²) >= 11 is 0. The molecule has 1 amide bonds. The van der Waals surface area contributed by atoms with Crippen LogP contribution in [0.3, 0.4) is 0 Å². The first-order chi connectivity index (χ1) is 11.2. The third-order valence-electron chi connectivity index (χ3n) is 6.18. The summed E-state index contributed by atoms with van der Waals surface area (Å²) in [5.41, 5.74) is 0. The van der Waals surface area contributed by atoms with Crippen molar-refractivity contribution < 1.29 is 4.79 Å². The highest BCUT2D eigenvalue weighted by molar-refractivity contribution is 5.79. The van der Waals surface area contributed by atoms with Gasteiger partial charge in [-0.1, -0.05) is 0 Å². The summed E-state index contributed by atoms with van der Waals surface area (Å²) in [6.07, 6.45) is 10.0. The zero-order valence-electron chi connectivity index (χ0n) is 14.9. The second-order valence-electron chi connectivity index (χ2n) is 8.04. The van der Waals surface area contributed by atoms with Crippen molar-refractivity contribution in [1.29, 1.82) is 0 Å². The van der Waals surface area contributed by atoms with E-state index >= 15 is 0 Å². The lowest BCUT2D eigenvalue weighted by Crippen LogP contribution is -2.46. The monoisotopic (exact) mass is 321 g/mol. The summed E-state index contributed by atoms with van der Waals surface area (Å²) in [4.78, 5) is 17.5. The minimum Gasteiger partial charge on any atom is -0.342 e. The molecule has 3 fully saturated rings. The van der Waals surface area contributed by atoms with Crippen molar-refractivity contribution in [3.8, 4) is 0 Å². The average Bonchev–Trinajstić information content (AvgIpc) is 3.08. The van der Waals surface area contributed by atoms with Crippen LogP contribution in [0.5, 0.6) is 0 Å². The number of hydrogen-bond acceptors (Lipinski definition) is 3. The fourth-order valence-electron chi connectivity index (χ4n) is 4.67. The highest BCUT2D eigenvalue weighted by Gasteiger charge is 2.30. The van der Waals surface area contributed by atoms with Crippen LogP contribution >= 0.6 is 0 Å². The van der Waals surface area contributed by atoms with Crippen molar-refractivity contribution >= 4 is 5.91 Å². The quantitative estimate of drug-likeness (QED) is 0.845. The van der Waals surface area contributed by atoms with E-state index in [1.807, 2.05) is 0 Å². The van der Waals surface area contributed by atoms with E-state index in [1.165, 1.54) is 58.2 Å². The molecule has 0 aromatic carbocycles. The van der Waals surface area contributed by atoms with Crippen LogP contribution < -0.4 is 5.32 Å². The van der Waals surface area contributed by atoms with Gasteiger partial charge in [0.1, 0.15) is 0 Å². The highest BCUT2D eigenvalue weighted by atomic mass is 16.2. The Morgan fingerprint density at radius 2 is 1.83 bits per heavy atom. The van der Waals surface area contributed by atoms with Crippen molar-refractivity contribution in [2.75, 3.05) is 39.3 Å². The number of nitrogens with one attached hydrogen (secondary N) is 1. The number of likely N-dealkylation sites (tertiary alicyclic amines) is 2. The molecule has 132 valence electrons. The maximum absolute atomic E-state index is 12.7. The Bertz CT molecular complexity index is 373. The molecule has 3 heterocycles. The fourth-order valence-corrected chi connectivity index (χ4v) is 4.67. The highest BCUT2D eigenvalue weighted by Crippen LogP contribution is 2.26. The number of amides is 1. The SMILES string of the molecule is C[C@H]1C[C@@H](C(=O)N2CCC(CCCN3CCCC3)CC2)CCN1. The molecule has 0 saturated carbocycles. The lowest BCUT2D eigenvalue weighted by molar-refractivity contribution is -0.138. The maximum atomic E-state index is 12.7. The predicted octanol–water partition coefficient (Wildman–Crippen LogP) is 2.49. The molecule has 1 N–H and O–H groups in total. The molecule has 0 aromatic rings. The van der Waals surface area contributed by atoms with E-state index in [4.69, 9.17) is 0 Å². The van der Waals surface area contributed by atoms with E-state index in [2.05, 4.69) is 22.0 Å². The molecule has 2 atom stereocenters. The van der Waals surface area contributed by atoms with E-state index in [0.717, 1.165) is 38.4 Å². The zero-order valence-corrected chi connectivity index (χ0v) is 14.9. The number of carbonyl (C=O) groups is 1. The average molecular weight is 322 g/mol. The van der Waals surface area contributed by atoms with E-state index in [-0.39, 0.29) is 5.92 Å². The molecule has 0 spiro atoms. The number of hydrogen-bond donors (Lipinski definition) is 1. The largest absolute Gasteiger partial charge is 0.342 e. The number of rotatable bonds is 5. The Balaban J connectivity index is 1.33. The number of nitrogens with zero attached hydrogens (tertiary/aromatic N) is 2. The van der Waals surface area contributed by atoms with E-state index < -0.39 is 0 Å². The van der Waals surface area contributed by atoms with E-state index in [9.17, 15) is 4.79 Å². The summed E-state index contributed by atoms with van der Waals surface area (Å²) in [5.74, 6) is 1.57. The summed E-state index contributed by atoms with van der Waals surface area (Å²) in [7, 11) is 0. The second-order valence-corrected chi connectivity index (χ2v) is 8.04. The lowest BCUT2D eigenvalue weighted by Gasteiger charge is -2.36. The Hall–Kier alpha value is -0.610. The van der Waals surface area contributed by atoms with Gasteiger partial charge < -0.3 is 15.1 Å². The normalized spacial score (nSPS) is 30.7. The van der Waals surface area contributed by atoms with Gasteiger partial charge in [-0.2, -0.15) is 0 Å². The molecular formula is C19H35N3O. The van der Waals surface area contributed by atoms with Gasteiger partial charge in [-0.25, -0.2) is 0 Å². The number of carbonyl (C=O) groups excluding carboxylic acids is 1. The van der Waals surface area contributed by atoms with Crippen LogP contribution in [0.15, 0.2) is 0 Å². The predicted molar refractivity (Wildman–Crippen MR) is 94.4 cm³/mol. The van der Waals surface area contributed by atoms with Crippen LogP contribution in [-0.2, 0) is 4.79 Å². The first-order valence-corrected chi connectivity index (χ1v) is 9.97. The summed E-state index contributed by atoms with van der Waals surface area (Å²) in [5, 5.41) is 3.45. The van der Waals surface area contributed by atoms with Gasteiger partial charge in [0.15, 0.2) is 0 Å². The molecule has 0 aromatic heterocycles. The van der Waals surface area contributed by atoms with Crippen LogP contribution in [0.25, 0.3) is 0 Å². The summed E-state index contributed by atoms with van der Waals surface area (Å²) < 4.78 is 0. The topological polar surface area (TPSA) is 35.6 Å². The van der Waals surface area contributed by atoms with Crippen molar-refractivity contribution in [3.05, 3.63) is 0 Å². The molecule has 3 saturated heterocycles. The van der Waals surface area contributed by atoms with Crippen LogP contribution in [0.4, 0.5) is 0 Å². The third kappa shape index (κ3) is 4.93. The molecular weight excluding hydrogens is 286 g/mol. The zero-order chi connectivity index (χ0) is 16.1. The van der Waals surface area contributed by atoms with Gasteiger partial charge in [-0.3, -0.25) is 4.79 Å². The Morgan fingerprint density at radius 1 is 1.09 bits per heavy atom. The molecule has 4 nitrogen and oxygen atoms in total. The molecule has 0 unspecified atom stereocenters. The molecule has 4 heteroatoms. The van der Waals surface area contributed by atoms with Crippen LogP contribution in [0.2, 0.25) is 0 Å². The standard InChI is InChI=1S/C19H35N3O/c1-16-15-18(6-9-20-16)19(23)22-13-7-17(8-14-22)5-4-12-21-10-2-3-11-21/h16-18,20H,2-15H2,1H3/t16-,18-/m0/s1. The maximum Gasteiger partial charge on any atom is 0.225 e. The lowest BCUT2D eigenvalue weighted by atomic mass is 9.88. The fraction of sp³-hybridized carbons (Fsp3) is 0.947. The van der Waals surface area contributed by atoms with Crippen LogP contribution in [0, 0.1) is 11.8 Å². The van der Waals surface area contributed by atoms with Gasteiger partial charge in [0.05, 0.1) is 0 Å². The Kier molecular flexibility index (Phi) is 6.35. The van der Waals surface area contributed by atoms with Gasteiger partial charge >= 0.3 is 0 Å².